The summed E-state index contributed by atoms with van der Waals surface area (Å²) in [4.78, 5) is 39.4. The van der Waals surface area contributed by atoms with Crippen LogP contribution in [0.2, 0.25) is 5.02 Å². The number of ether oxygens (including phenoxy) is 1. The number of aromatic nitrogens is 2. The van der Waals surface area contributed by atoms with Crippen LogP contribution in [0, 0.1) is 6.92 Å². The number of hydrogen-bond acceptors (Lipinski definition) is 6. The van der Waals surface area contributed by atoms with E-state index in [-0.39, 0.29) is 36.2 Å². The van der Waals surface area contributed by atoms with Crippen LogP contribution >= 0.6 is 27.5 Å². The van der Waals surface area contributed by atoms with Crippen molar-refractivity contribution < 1.29 is 9.53 Å². The van der Waals surface area contributed by atoms with Crippen molar-refractivity contribution in [1.29, 1.82) is 0 Å². The highest BCUT2D eigenvalue weighted by atomic mass is 79.9. The van der Waals surface area contributed by atoms with E-state index in [4.69, 9.17) is 21.3 Å². The van der Waals surface area contributed by atoms with Crippen molar-refractivity contribution in [2.45, 2.75) is 71.7 Å². The summed E-state index contributed by atoms with van der Waals surface area (Å²) in [5.74, 6) is 0.543. The first kappa shape index (κ1) is 29.2. The molecule has 1 amide bonds. The molecule has 8 nitrogen and oxygen atoms in total. The minimum atomic E-state index is -0.158. The number of morpholine rings is 1. The average Bonchev–Trinajstić information content (AvgIpc) is 3.40. The van der Waals surface area contributed by atoms with Gasteiger partial charge < -0.3 is 19.4 Å². The third kappa shape index (κ3) is 5.35. The molecule has 0 aliphatic carbocycles. The highest BCUT2D eigenvalue weighted by Crippen LogP contribution is 2.33. The third-order valence-corrected chi connectivity index (χ3v) is 10.0. The number of hydrogen-bond donors (Lipinski definition) is 0. The summed E-state index contributed by atoms with van der Waals surface area (Å²) < 4.78 is 8.38. The summed E-state index contributed by atoms with van der Waals surface area (Å²) in [5, 5.41) is 0.509. The Hall–Kier alpha value is -2.88. The Bertz CT molecular complexity index is 1590. The van der Waals surface area contributed by atoms with Gasteiger partial charge in [0, 0.05) is 53.0 Å². The van der Waals surface area contributed by atoms with Crippen LogP contribution in [0.25, 0.3) is 5.69 Å². The predicted octanol–water partition coefficient (Wildman–Crippen LogP) is 5.76. The Labute approximate surface area is 260 Å². The summed E-state index contributed by atoms with van der Waals surface area (Å²) >= 11 is 10.5. The normalized spacial score (nSPS) is 22.4. The molecular weight excluding hydrogens is 618 g/mol. The molecule has 10 heteroatoms. The van der Waals surface area contributed by atoms with E-state index in [1.54, 1.807) is 4.57 Å². The first-order chi connectivity index (χ1) is 20.1. The maximum absolute atomic E-state index is 14.4. The lowest BCUT2D eigenvalue weighted by Gasteiger charge is -2.36. The molecule has 2 aromatic carbocycles. The van der Waals surface area contributed by atoms with Gasteiger partial charge in [0.2, 0.25) is 5.95 Å². The molecule has 0 spiro atoms. The number of nitrogens with zero attached hydrogens (tertiary/aromatic N) is 5. The number of benzene rings is 2. The molecule has 3 unspecified atom stereocenters. The molecule has 1 aromatic heterocycles. The van der Waals surface area contributed by atoms with E-state index < -0.39 is 0 Å². The van der Waals surface area contributed by atoms with E-state index in [0.717, 1.165) is 48.2 Å². The largest absolute Gasteiger partial charge is 0.375 e. The van der Waals surface area contributed by atoms with Crippen molar-refractivity contribution in [1.82, 2.24) is 14.5 Å². The Morgan fingerprint density at radius 3 is 2.60 bits per heavy atom. The molecule has 3 atom stereocenters. The molecule has 0 radical (unpaired) electrons. The van der Waals surface area contributed by atoms with Gasteiger partial charge in [0.05, 0.1) is 35.7 Å². The Morgan fingerprint density at radius 2 is 1.90 bits per heavy atom. The van der Waals surface area contributed by atoms with Crippen molar-refractivity contribution in [3.8, 4) is 5.69 Å². The number of carbonyl (C=O) groups excluding carboxylic acids is 1. The van der Waals surface area contributed by atoms with Crippen LogP contribution in [0.3, 0.4) is 0 Å². The molecule has 222 valence electrons. The Kier molecular flexibility index (Phi) is 8.11. The van der Waals surface area contributed by atoms with Gasteiger partial charge in [-0.2, -0.15) is 0 Å². The topological polar surface area (TPSA) is 70.9 Å². The Morgan fingerprint density at radius 1 is 1.10 bits per heavy atom. The van der Waals surface area contributed by atoms with Crippen LogP contribution in [0.5, 0.6) is 0 Å². The monoisotopic (exact) mass is 653 g/mol. The van der Waals surface area contributed by atoms with Gasteiger partial charge in [0.1, 0.15) is 0 Å². The van der Waals surface area contributed by atoms with Gasteiger partial charge in [-0.15, -0.1) is 0 Å². The van der Waals surface area contributed by atoms with Crippen molar-refractivity contribution in [3.05, 3.63) is 78.6 Å². The van der Waals surface area contributed by atoms with Crippen LogP contribution in [0.4, 0.5) is 11.6 Å². The Balaban J connectivity index is 1.41. The molecule has 3 aliphatic rings. The van der Waals surface area contributed by atoms with Crippen LogP contribution in [0.15, 0.2) is 45.7 Å². The van der Waals surface area contributed by atoms with Crippen LogP contribution in [-0.4, -0.2) is 64.8 Å². The third-order valence-electron chi connectivity index (χ3n) is 8.85. The molecule has 3 aromatic rings. The van der Waals surface area contributed by atoms with Crippen molar-refractivity contribution >= 4 is 45.1 Å². The molecule has 6 rings (SSSR count). The lowest BCUT2D eigenvalue weighted by molar-refractivity contribution is 0.0532. The quantitative estimate of drug-likeness (QED) is 0.357. The zero-order valence-corrected chi connectivity index (χ0v) is 26.9. The van der Waals surface area contributed by atoms with Crippen molar-refractivity contribution in [3.63, 3.8) is 0 Å². The minimum Gasteiger partial charge on any atom is -0.375 e. The van der Waals surface area contributed by atoms with Gasteiger partial charge in [-0.1, -0.05) is 27.5 Å². The number of carbonyl (C=O) groups is 1. The van der Waals surface area contributed by atoms with Gasteiger partial charge in [-0.25, -0.2) is 9.55 Å². The van der Waals surface area contributed by atoms with Gasteiger partial charge >= 0.3 is 0 Å². The smallest absolute Gasteiger partial charge is 0.263 e. The van der Waals surface area contributed by atoms with Gasteiger partial charge in [0.25, 0.3) is 11.5 Å². The van der Waals surface area contributed by atoms with Crippen LogP contribution in [0.1, 0.15) is 60.8 Å². The summed E-state index contributed by atoms with van der Waals surface area (Å²) in [5.41, 5.74) is 4.49. The molecular formula is C32H37BrClN5O3. The molecule has 42 heavy (non-hydrogen) atoms. The summed E-state index contributed by atoms with van der Waals surface area (Å²) in [7, 11) is 0. The predicted molar refractivity (Wildman–Crippen MR) is 170 cm³/mol. The lowest BCUT2D eigenvalue weighted by atomic mass is 9.98. The second kappa shape index (κ2) is 11.7. The number of halogens is 2. The van der Waals surface area contributed by atoms with Gasteiger partial charge in [-0.3, -0.25) is 9.59 Å². The second-order valence-electron chi connectivity index (χ2n) is 11.9. The van der Waals surface area contributed by atoms with E-state index in [9.17, 15) is 9.59 Å². The first-order valence-electron chi connectivity index (χ1n) is 14.8. The SMILES string of the molecule is Cc1cc(C(=O)N2Cc3nc(N4CCCC4C)n(-c4ccc(N5CCOC(C)C5)cc4Cl)c(=O)c3CC2C)ccc1Br. The lowest BCUT2D eigenvalue weighted by Crippen LogP contribution is -2.46. The highest BCUT2D eigenvalue weighted by molar-refractivity contribution is 9.10. The minimum absolute atomic E-state index is 0.0538. The molecule has 0 saturated carbocycles. The number of fused-ring (bicyclic) bond motifs is 1. The number of anilines is 2. The zero-order valence-electron chi connectivity index (χ0n) is 24.6. The van der Waals surface area contributed by atoms with E-state index in [1.165, 1.54) is 0 Å². The van der Waals surface area contributed by atoms with Crippen molar-refractivity contribution in [2.24, 2.45) is 0 Å². The number of aryl methyl sites for hydroxylation is 1. The molecule has 0 bridgehead atoms. The van der Waals surface area contributed by atoms with Crippen LogP contribution in [-0.2, 0) is 17.7 Å². The van der Waals surface area contributed by atoms with Crippen LogP contribution < -0.4 is 15.4 Å². The van der Waals surface area contributed by atoms with E-state index in [2.05, 4.69) is 39.6 Å². The fourth-order valence-electron chi connectivity index (χ4n) is 6.43. The summed E-state index contributed by atoms with van der Waals surface area (Å²) in [6.07, 6.45) is 2.63. The standard InChI is InChI=1S/C32H37BrClN5O3/c1-19-14-23(7-9-26(19)33)30(40)38-18-28-25(15-21(38)3)31(41)39(32(35-28)37-11-5-6-20(37)2)29-10-8-24(16-27(29)34)36-12-13-42-22(4)17-36/h7-10,14,16,20-22H,5-6,11-13,15,17-18H2,1-4H3. The molecule has 0 N–H and O–H groups in total. The van der Waals surface area contributed by atoms with Gasteiger partial charge in [-0.05, 0) is 88.9 Å². The zero-order chi connectivity index (χ0) is 29.7. The summed E-state index contributed by atoms with van der Waals surface area (Å²) in [6, 6.07) is 11.6. The maximum atomic E-state index is 14.4. The number of amides is 1. The molecule has 4 heterocycles. The summed E-state index contributed by atoms with van der Waals surface area (Å²) in [6.45, 7) is 11.6. The average molecular weight is 655 g/mol. The molecule has 3 aliphatic heterocycles. The fraction of sp³-hybridized carbons (Fsp3) is 0.469. The van der Waals surface area contributed by atoms with Crippen molar-refractivity contribution in [2.75, 3.05) is 36.0 Å². The maximum Gasteiger partial charge on any atom is 0.263 e. The fourth-order valence-corrected chi connectivity index (χ4v) is 6.93. The first-order valence-corrected chi connectivity index (χ1v) is 15.9. The van der Waals surface area contributed by atoms with E-state index >= 15 is 0 Å². The molecule has 2 fully saturated rings. The van der Waals surface area contributed by atoms with E-state index in [1.807, 2.05) is 55.1 Å². The molecule has 2 saturated heterocycles. The van der Waals surface area contributed by atoms with Gasteiger partial charge in [0.15, 0.2) is 0 Å². The number of rotatable bonds is 4. The highest BCUT2D eigenvalue weighted by Gasteiger charge is 2.34. The van der Waals surface area contributed by atoms with E-state index in [0.29, 0.717) is 46.5 Å². The second-order valence-corrected chi connectivity index (χ2v) is 13.1.